The maximum atomic E-state index is 13.3. The fourth-order valence-corrected chi connectivity index (χ4v) is 2.84. The molecule has 0 radical (unpaired) electrons. The molecule has 3 aromatic rings. The molecule has 25 heavy (non-hydrogen) atoms. The minimum absolute atomic E-state index is 0.120. The van der Waals surface area contributed by atoms with Crippen LogP contribution >= 0.6 is 0 Å². The van der Waals surface area contributed by atoms with Crippen molar-refractivity contribution in [3.8, 4) is 16.9 Å². The summed E-state index contributed by atoms with van der Waals surface area (Å²) in [5.74, 6) is -1.10. The number of nitrogens with zero attached hydrogens (tertiary/aromatic N) is 2. The smallest absolute Gasteiger partial charge is 0.296 e. The van der Waals surface area contributed by atoms with Crippen molar-refractivity contribution in [3.05, 3.63) is 66.6 Å². The molecule has 3 rings (SSSR count). The predicted octanol–water partition coefficient (Wildman–Crippen LogP) is 3.21. The molecule has 1 aromatic heterocycles. The number of nitrogens with two attached hydrogens (primary N) is 1. The first kappa shape index (κ1) is 17.2. The second-order valence-corrected chi connectivity index (χ2v) is 6.78. The van der Waals surface area contributed by atoms with Gasteiger partial charge < -0.3 is 0 Å². The number of rotatable bonds is 3. The van der Waals surface area contributed by atoms with Crippen LogP contribution in [0.1, 0.15) is 5.82 Å². The fourth-order valence-electron chi connectivity index (χ4n) is 2.32. The van der Waals surface area contributed by atoms with E-state index in [1.807, 2.05) is 0 Å². The third-order valence-corrected chi connectivity index (χ3v) is 4.40. The largest absolute Gasteiger partial charge is 0.450 e. The van der Waals surface area contributed by atoms with Gasteiger partial charge in [-0.1, -0.05) is 30.3 Å². The Hall–Kier alpha value is -2.65. The molecule has 2 aromatic carbocycles. The minimum atomic E-state index is -4.67. The molecule has 0 bridgehead atoms. The van der Waals surface area contributed by atoms with Crippen LogP contribution in [0, 0.1) is 0 Å². The van der Waals surface area contributed by atoms with E-state index in [2.05, 4.69) is 4.98 Å². The first-order valence-electron chi connectivity index (χ1n) is 7.01. The highest BCUT2D eigenvalue weighted by Gasteiger charge is 2.37. The standard InChI is InChI=1S/C16H12F3N3O2S/c17-16(18,19)15-21-14(11-4-2-1-3-5-11)10-22(15)12-6-8-13(9-7-12)25(20,23)24/h1-10H,(H2,20,23,24). The summed E-state index contributed by atoms with van der Waals surface area (Å²) in [6.07, 6.45) is -3.42. The maximum absolute atomic E-state index is 13.3. The highest BCUT2D eigenvalue weighted by Crippen LogP contribution is 2.33. The first-order valence-corrected chi connectivity index (χ1v) is 8.56. The number of halogens is 3. The molecular weight excluding hydrogens is 355 g/mol. The van der Waals surface area contributed by atoms with Gasteiger partial charge in [-0.2, -0.15) is 13.2 Å². The average molecular weight is 367 g/mol. The van der Waals surface area contributed by atoms with Crippen LogP contribution in [0.3, 0.4) is 0 Å². The zero-order valence-electron chi connectivity index (χ0n) is 12.6. The van der Waals surface area contributed by atoms with Gasteiger partial charge in [0.2, 0.25) is 15.8 Å². The van der Waals surface area contributed by atoms with E-state index in [1.165, 1.54) is 18.3 Å². The van der Waals surface area contributed by atoms with E-state index in [1.54, 1.807) is 30.3 Å². The third-order valence-electron chi connectivity index (χ3n) is 3.47. The summed E-state index contributed by atoms with van der Waals surface area (Å²) >= 11 is 0. The second-order valence-electron chi connectivity index (χ2n) is 5.22. The van der Waals surface area contributed by atoms with Crippen molar-refractivity contribution >= 4 is 10.0 Å². The van der Waals surface area contributed by atoms with E-state index < -0.39 is 22.0 Å². The molecule has 5 nitrogen and oxygen atoms in total. The van der Waals surface area contributed by atoms with E-state index >= 15 is 0 Å². The van der Waals surface area contributed by atoms with Crippen molar-refractivity contribution < 1.29 is 21.6 Å². The van der Waals surface area contributed by atoms with Gasteiger partial charge in [-0.15, -0.1) is 0 Å². The number of sulfonamides is 1. The number of hydrogen-bond donors (Lipinski definition) is 1. The lowest BCUT2D eigenvalue weighted by Crippen LogP contribution is -2.14. The minimum Gasteiger partial charge on any atom is -0.296 e. The van der Waals surface area contributed by atoms with Crippen LogP contribution in [0.25, 0.3) is 16.9 Å². The Labute approximate surface area is 141 Å². The molecule has 0 fully saturated rings. The van der Waals surface area contributed by atoms with Crippen LogP contribution in [0.15, 0.2) is 65.7 Å². The molecule has 0 amide bonds. The number of hydrogen-bond acceptors (Lipinski definition) is 3. The molecular formula is C16H12F3N3O2S. The van der Waals surface area contributed by atoms with E-state index in [0.29, 0.717) is 5.56 Å². The number of primary sulfonamides is 1. The molecule has 130 valence electrons. The van der Waals surface area contributed by atoms with Gasteiger partial charge in [0.15, 0.2) is 0 Å². The average Bonchev–Trinajstić information content (AvgIpc) is 3.01. The van der Waals surface area contributed by atoms with Crippen molar-refractivity contribution in [1.29, 1.82) is 0 Å². The van der Waals surface area contributed by atoms with E-state index in [-0.39, 0.29) is 16.3 Å². The van der Waals surface area contributed by atoms with E-state index in [4.69, 9.17) is 5.14 Å². The Morgan fingerprint density at radius 3 is 2.08 bits per heavy atom. The Kier molecular flexibility index (Phi) is 4.13. The zero-order valence-corrected chi connectivity index (χ0v) is 13.4. The normalized spacial score (nSPS) is 12.3. The predicted molar refractivity (Wildman–Crippen MR) is 85.4 cm³/mol. The highest BCUT2D eigenvalue weighted by atomic mass is 32.2. The summed E-state index contributed by atoms with van der Waals surface area (Å²) in [5.41, 5.74) is 0.811. The summed E-state index contributed by atoms with van der Waals surface area (Å²) in [4.78, 5) is 3.51. The van der Waals surface area contributed by atoms with Crippen molar-refractivity contribution in [2.24, 2.45) is 5.14 Å². The van der Waals surface area contributed by atoms with Crippen LogP contribution < -0.4 is 5.14 Å². The molecule has 0 aliphatic carbocycles. The lowest BCUT2D eigenvalue weighted by molar-refractivity contribution is -0.145. The molecule has 1 heterocycles. The fraction of sp³-hybridized carbons (Fsp3) is 0.0625. The molecule has 0 spiro atoms. The third kappa shape index (κ3) is 3.57. The maximum Gasteiger partial charge on any atom is 0.450 e. The Morgan fingerprint density at radius 1 is 0.960 bits per heavy atom. The van der Waals surface area contributed by atoms with Gasteiger partial charge in [0, 0.05) is 17.4 Å². The Morgan fingerprint density at radius 2 is 1.56 bits per heavy atom. The first-order chi connectivity index (χ1) is 11.7. The summed E-state index contributed by atoms with van der Waals surface area (Å²) in [6.45, 7) is 0. The quantitative estimate of drug-likeness (QED) is 0.772. The van der Waals surface area contributed by atoms with Crippen LogP contribution in [0.4, 0.5) is 13.2 Å². The SMILES string of the molecule is NS(=O)(=O)c1ccc(-n2cc(-c3ccccc3)nc2C(F)(F)F)cc1. The number of imidazole rings is 1. The van der Waals surface area contributed by atoms with Crippen LogP contribution in [0.2, 0.25) is 0 Å². The molecule has 9 heteroatoms. The lowest BCUT2D eigenvalue weighted by Gasteiger charge is -2.10. The van der Waals surface area contributed by atoms with Gasteiger partial charge in [0.25, 0.3) is 0 Å². The van der Waals surface area contributed by atoms with Crippen LogP contribution in [-0.4, -0.2) is 18.0 Å². The number of aromatic nitrogens is 2. The molecule has 0 unspecified atom stereocenters. The number of alkyl halides is 3. The lowest BCUT2D eigenvalue weighted by atomic mass is 10.2. The van der Waals surface area contributed by atoms with Crippen molar-refractivity contribution in [2.45, 2.75) is 11.1 Å². The van der Waals surface area contributed by atoms with Crippen LogP contribution in [0.5, 0.6) is 0 Å². The molecule has 0 atom stereocenters. The molecule has 0 aliphatic rings. The molecule has 2 N–H and O–H groups in total. The van der Waals surface area contributed by atoms with Gasteiger partial charge in [0.1, 0.15) is 0 Å². The van der Waals surface area contributed by atoms with Crippen LogP contribution in [-0.2, 0) is 16.2 Å². The van der Waals surface area contributed by atoms with Gasteiger partial charge in [0.05, 0.1) is 10.6 Å². The van der Waals surface area contributed by atoms with Crippen molar-refractivity contribution in [1.82, 2.24) is 9.55 Å². The zero-order chi connectivity index (χ0) is 18.2. The summed E-state index contributed by atoms with van der Waals surface area (Å²) in [6, 6.07) is 13.2. The summed E-state index contributed by atoms with van der Waals surface area (Å²) in [7, 11) is -3.93. The van der Waals surface area contributed by atoms with Gasteiger partial charge in [-0.25, -0.2) is 18.5 Å². The topological polar surface area (TPSA) is 78.0 Å². The van der Waals surface area contributed by atoms with Crippen molar-refractivity contribution in [3.63, 3.8) is 0 Å². The van der Waals surface area contributed by atoms with Gasteiger partial charge >= 0.3 is 6.18 Å². The Balaban J connectivity index is 2.13. The molecule has 0 saturated carbocycles. The van der Waals surface area contributed by atoms with E-state index in [0.717, 1.165) is 16.7 Å². The summed E-state index contributed by atoms with van der Waals surface area (Å²) < 4.78 is 63.4. The number of benzene rings is 2. The van der Waals surface area contributed by atoms with E-state index in [9.17, 15) is 21.6 Å². The molecule has 0 saturated heterocycles. The highest BCUT2D eigenvalue weighted by molar-refractivity contribution is 7.89. The van der Waals surface area contributed by atoms with Gasteiger partial charge in [-0.3, -0.25) is 4.57 Å². The second kappa shape index (κ2) is 6.01. The summed E-state index contributed by atoms with van der Waals surface area (Å²) in [5, 5.41) is 5.00. The van der Waals surface area contributed by atoms with Crippen molar-refractivity contribution in [2.75, 3.05) is 0 Å². The Bertz CT molecular complexity index is 995. The van der Waals surface area contributed by atoms with Gasteiger partial charge in [-0.05, 0) is 24.3 Å². The molecule has 0 aliphatic heterocycles. The monoisotopic (exact) mass is 367 g/mol.